The van der Waals surface area contributed by atoms with E-state index in [4.69, 9.17) is 9.47 Å². The molecule has 0 aliphatic carbocycles. The van der Waals surface area contributed by atoms with Gasteiger partial charge in [0.2, 0.25) is 0 Å². The van der Waals surface area contributed by atoms with Gasteiger partial charge in [0, 0.05) is 24.9 Å². The molecule has 0 bridgehead atoms. The highest BCUT2D eigenvalue weighted by Crippen LogP contribution is 2.37. The van der Waals surface area contributed by atoms with E-state index in [0.717, 1.165) is 12.1 Å². The molecule has 3 N–H and O–H groups in total. The number of cyclic esters (lactones) is 1. The van der Waals surface area contributed by atoms with Crippen LogP contribution in [0.5, 0.6) is 0 Å². The van der Waals surface area contributed by atoms with Crippen LogP contribution in [0, 0.1) is 11.8 Å². The van der Waals surface area contributed by atoms with Crippen LogP contribution in [0.4, 0.5) is 0 Å². The molecule has 3 heterocycles. The molecular weight excluding hydrogens is 342 g/mol. The molecule has 3 aliphatic heterocycles. The van der Waals surface area contributed by atoms with Gasteiger partial charge in [-0.05, 0) is 18.9 Å². The van der Waals surface area contributed by atoms with Crippen LogP contribution in [-0.2, 0) is 19.1 Å². The minimum absolute atomic E-state index is 0.0339. The van der Waals surface area contributed by atoms with Gasteiger partial charge in [-0.2, -0.15) is 0 Å². The van der Waals surface area contributed by atoms with Crippen LogP contribution in [0.25, 0.3) is 0 Å². The van der Waals surface area contributed by atoms with Gasteiger partial charge < -0.3 is 24.8 Å². The Morgan fingerprint density at radius 2 is 1.92 bits per heavy atom. The third kappa shape index (κ3) is 2.85. The quantitative estimate of drug-likeness (QED) is 0.407. The Labute approximate surface area is 152 Å². The zero-order valence-electron chi connectivity index (χ0n) is 15.3. The highest BCUT2D eigenvalue weighted by molar-refractivity contribution is 5.82. The van der Waals surface area contributed by atoms with E-state index in [-0.39, 0.29) is 12.6 Å². The second-order valence-electron chi connectivity index (χ2n) is 7.83. The minimum atomic E-state index is -2.23. The second kappa shape index (κ2) is 6.60. The number of rotatable bonds is 1. The van der Waals surface area contributed by atoms with Gasteiger partial charge in [-0.3, -0.25) is 4.90 Å². The van der Waals surface area contributed by atoms with E-state index in [1.807, 2.05) is 6.08 Å². The number of esters is 2. The summed E-state index contributed by atoms with van der Waals surface area (Å²) in [4.78, 5) is 27.3. The van der Waals surface area contributed by atoms with Crippen LogP contribution in [0.15, 0.2) is 11.6 Å². The lowest BCUT2D eigenvalue weighted by Gasteiger charge is -2.40. The van der Waals surface area contributed by atoms with Crippen LogP contribution < -0.4 is 0 Å². The maximum atomic E-state index is 12.7. The van der Waals surface area contributed by atoms with Crippen LogP contribution in [0.2, 0.25) is 0 Å². The van der Waals surface area contributed by atoms with Crippen LogP contribution in [-0.4, -0.2) is 81.8 Å². The number of hydrogen-bond donors (Lipinski definition) is 3. The molecule has 0 aromatic carbocycles. The normalized spacial score (nSPS) is 44.5. The zero-order chi connectivity index (χ0) is 19.3. The number of hydrogen-bond acceptors (Lipinski definition) is 8. The van der Waals surface area contributed by atoms with Crippen molar-refractivity contribution in [3.8, 4) is 0 Å². The smallest absolute Gasteiger partial charge is 0.341 e. The first-order chi connectivity index (χ1) is 12.1. The van der Waals surface area contributed by atoms with Crippen molar-refractivity contribution in [2.75, 3.05) is 26.3 Å². The summed E-state index contributed by atoms with van der Waals surface area (Å²) in [6.45, 7) is 4.83. The second-order valence-corrected chi connectivity index (χ2v) is 7.83. The number of aliphatic hydroxyl groups excluding tert-OH is 1. The van der Waals surface area contributed by atoms with Crippen molar-refractivity contribution in [3.05, 3.63) is 11.6 Å². The third-order valence-electron chi connectivity index (χ3n) is 6.44. The van der Waals surface area contributed by atoms with Crippen molar-refractivity contribution in [2.24, 2.45) is 11.8 Å². The fraction of sp³-hybridized carbons (Fsp3) is 0.778. The summed E-state index contributed by atoms with van der Waals surface area (Å²) in [5, 5.41) is 31.2. The maximum absolute atomic E-state index is 12.7. The van der Waals surface area contributed by atoms with Crippen molar-refractivity contribution < 1.29 is 34.4 Å². The van der Waals surface area contributed by atoms with Crippen molar-refractivity contribution >= 4 is 11.9 Å². The Hall–Kier alpha value is -1.48. The Balaban J connectivity index is 1.98. The first-order valence-corrected chi connectivity index (χ1v) is 8.99. The Bertz CT molecular complexity index is 631. The number of carbonyl (C=O) groups is 2. The topological polar surface area (TPSA) is 117 Å². The summed E-state index contributed by atoms with van der Waals surface area (Å²) in [6.07, 6.45) is 2.15. The van der Waals surface area contributed by atoms with Gasteiger partial charge >= 0.3 is 11.9 Å². The van der Waals surface area contributed by atoms with Crippen LogP contribution in [0.3, 0.4) is 0 Å². The van der Waals surface area contributed by atoms with E-state index in [2.05, 4.69) is 4.90 Å². The van der Waals surface area contributed by atoms with E-state index in [0.29, 0.717) is 13.0 Å². The molecule has 4 unspecified atom stereocenters. The molecule has 0 aromatic rings. The first-order valence-electron chi connectivity index (χ1n) is 8.99. The van der Waals surface area contributed by atoms with Crippen molar-refractivity contribution in [1.29, 1.82) is 0 Å². The summed E-state index contributed by atoms with van der Waals surface area (Å²) in [7, 11) is 0. The molecule has 6 atom stereocenters. The summed E-state index contributed by atoms with van der Waals surface area (Å²) in [6, 6.07) is -0.197. The van der Waals surface area contributed by atoms with Crippen LogP contribution in [0.1, 0.15) is 27.2 Å². The fourth-order valence-corrected chi connectivity index (χ4v) is 4.14. The molecule has 0 radical (unpaired) electrons. The predicted octanol–water partition coefficient (Wildman–Crippen LogP) is -0.784. The van der Waals surface area contributed by atoms with Crippen molar-refractivity contribution in [2.45, 2.75) is 50.5 Å². The maximum Gasteiger partial charge on any atom is 0.341 e. The minimum Gasteiger partial charge on any atom is -0.459 e. The number of ether oxygens (including phenoxy) is 2. The standard InChI is InChI=1S/C18H27NO7/c1-10-11(2)18(24,9-20)16(22)25-8-12-4-6-19-7-5-13(14(12)19)26-15(21)17(10,3)23/h4,10-11,13-14,20,23-24H,5-9H2,1-3H3/t10?,11?,13-,14-,17?,18?/m1/s1. The predicted molar refractivity (Wildman–Crippen MR) is 89.9 cm³/mol. The number of carbonyl (C=O) groups excluding carboxylic acids is 2. The fourth-order valence-electron chi connectivity index (χ4n) is 4.14. The van der Waals surface area contributed by atoms with E-state index >= 15 is 0 Å². The Morgan fingerprint density at radius 1 is 1.23 bits per heavy atom. The SMILES string of the molecule is CC1C(C)C(O)(CO)C(=O)OCC2=CCN3CC[C@@H](OC(=O)C1(C)O)[C@@H]23. The lowest BCUT2D eigenvalue weighted by atomic mass is 9.73. The molecule has 0 spiro atoms. The largest absolute Gasteiger partial charge is 0.459 e. The van der Waals surface area contributed by atoms with E-state index < -0.39 is 47.7 Å². The molecule has 8 nitrogen and oxygen atoms in total. The highest BCUT2D eigenvalue weighted by atomic mass is 16.6. The van der Waals surface area contributed by atoms with Gasteiger partial charge in [0.25, 0.3) is 0 Å². The monoisotopic (exact) mass is 369 g/mol. The van der Waals surface area contributed by atoms with Crippen LogP contribution >= 0.6 is 0 Å². The van der Waals surface area contributed by atoms with E-state index in [1.165, 1.54) is 20.8 Å². The lowest BCUT2D eigenvalue weighted by molar-refractivity contribution is -0.195. The molecule has 3 rings (SSSR count). The zero-order valence-corrected chi connectivity index (χ0v) is 15.3. The summed E-state index contributed by atoms with van der Waals surface area (Å²) in [5.41, 5.74) is -3.36. The average molecular weight is 369 g/mol. The van der Waals surface area contributed by atoms with Gasteiger partial charge in [-0.15, -0.1) is 0 Å². The molecule has 8 heteroatoms. The Morgan fingerprint density at radius 3 is 2.58 bits per heavy atom. The summed E-state index contributed by atoms with van der Waals surface area (Å²) >= 11 is 0. The van der Waals surface area contributed by atoms with Gasteiger partial charge in [0.1, 0.15) is 12.7 Å². The first kappa shape index (κ1) is 19.3. The Kier molecular flexibility index (Phi) is 4.89. The van der Waals surface area contributed by atoms with Gasteiger partial charge in [0.15, 0.2) is 11.2 Å². The molecule has 3 aliphatic rings. The molecule has 0 aromatic heterocycles. The van der Waals surface area contributed by atoms with E-state index in [9.17, 15) is 24.9 Å². The lowest BCUT2D eigenvalue weighted by Crippen LogP contribution is -2.58. The van der Waals surface area contributed by atoms with Gasteiger partial charge in [0.05, 0.1) is 12.6 Å². The highest BCUT2D eigenvalue weighted by Gasteiger charge is 2.54. The average Bonchev–Trinajstić information content (AvgIpc) is 3.19. The molecule has 0 saturated carbocycles. The molecule has 0 amide bonds. The van der Waals surface area contributed by atoms with Gasteiger partial charge in [-0.25, -0.2) is 9.59 Å². The van der Waals surface area contributed by atoms with E-state index in [1.54, 1.807) is 0 Å². The summed E-state index contributed by atoms with van der Waals surface area (Å²) in [5.74, 6) is -3.56. The molecule has 2 fully saturated rings. The van der Waals surface area contributed by atoms with Gasteiger partial charge in [-0.1, -0.05) is 19.9 Å². The van der Waals surface area contributed by atoms with Crippen molar-refractivity contribution in [1.82, 2.24) is 4.90 Å². The molecule has 2 saturated heterocycles. The van der Waals surface area contributed by atoms with Crippen molar-refractivity contribution in [3.63, 3.8) is 0 Å². The molecular formula is C18H27NO7. The molecule has 26 heavy (non-hydrogen) atoms. The number of nitrogens with zero attached hydrogens (tertiary/aromatic N) is 1. The number of aliphatic hydroxyl groups is 3. The molecule has 146 valence electrons. The third-order valence-corrected chi connectivity index (χ3v) is 6.44. The summed E-state index contributed by atoms with van der Waals surface area (Å²) < 4.78 is 10.9.